The van der Waals surface area contributed by atoms with Crippen LogP contribution in [0.3, 0.4) is 0 Å². The molecule has 2 aliphatic rings. The van der Waals surface area contributed by atoms with Crippen LogP contribution in [0.15, 0.2) is 24.3 Å². The Morgan fingerprint density at radius 1 is 1.15 bits per heavy atom. The standard InChI is InChI=1S/C17H23ClN2O5S/c18-14-6-8-15(9-7-14)25-26(22,23)19-17(21)24-12-13-4-3-11-20-10-2-1-5-16(13)20/h6-9,13,16H,1-5,10-12H2,(H,19,21)/t13-,16+/m0/s1. The van der Waals surface area contributed by atoms with Crippen LogP contribution in [0.1, 0.15) is 32.1 Å². The minimum absolute atomic E-state index is 0.0554. The number of rotatable bonds is 5. The fourth-order valence-corrected chi connectivity index (χ4v) is 4.52. The quantitative estimate of drug-likeness (QED) is 0.815. The van der Waals surface area contributed by atoms with E-state index in [9.17, 15) is 13.2 Å². The van der Waals surface area contributed by atoms with Crippen LogP contribution < -0.4 is 8.91 Å². The van der Waals surface area contributed by atoms with Gasteiger partial charge < -0.3 is 8.92 Å². The number of nitrogens with zero attached hydrogens (tertiary/aromatic N) is 1. The zero-order valence-electron chi connectivity index (χ0n) is 14.4. The van der Waals surface area contributed by atoms with Crippen molar-refractivity contribution in [2.45, 2.75) is 38.1 Å². The van der Waals surface area contributed by atoms with E-state index in [1.807, 2.05) is 0 Å². The zero-order chi connectivity index (χ0) is 18.6. The van der Waals surface area contributed by atoms with E-state index in [4.69, 9.17) is 20.5 Å². The van der Waals surface area contributed by atoms with Gasteiger partial charge in [-0.05, 0) is 63.0 Å². The van der Waals surface area contributed by atoms with Gasteiger partial charge in [0.15, 0.2) is 0 Å². The molecule has 3 rings (SSSR count). The summed E-state index contributed by atoms with van der Waals surface area (Å²) in [5.41, 5.74) is 0. The van der Waals surface area contributed by atoms with Gasteiger partial charge in [0.25, 0.3) is 0 Å². The molecule has 9 heteroatoms. The molecular formula is C17H23ClN2O5S. The lowest BCUT2D eigenvalue weighted by Gasteiger charge is -2.44. The summed E-state index contributed by atoms with van der Waals surface area (Å²) < 4.78 is 35.5. The van der Waals surface area contributed by atoms with Crippen molar-refractivity contribution in [3.05, 3.63) is 29.3 Å². The van der Waals surface area contributed by atoms with Crippen molar-refractivity contribution < 1.29 is 22.1 Å². The van der Waals surface area contributed by atoms with Crippen LogP contribution in [0.25, 0.3) is 0 Å². The van der Waals surface area contributed by atoms with Gasteiger partial charge >= 0.3 is 16.4 Å². The van der Waals surface area contributed by atoms with Crippen molar-refractivity contribution >= 4 is 28.0 Å². The average Bonchev–Trinajstić information content (AvgIpc) is 2.61. The highest BCUT2D eigenvalue weighted by molar-refractivity contribution is 7.85. The van der Waals surface area contributed by atoms with Crippen LogP contribution in [0.5, 0.6) is 5.75 Å². The minimum Gasteiger partial charge on any atom is -0.448 e. The Balaban J connectivity index is 1.49. The first kappa shape index (κ1) is 19.3. The fraction of sp³-hybridized carbons (Fsp3) is 0.588. The molecule has 2 aliphatic heterocycles. The van der Waals surface area contributed by atoms with Gasteiger partial charge in [0.2, 0.25) is 0 Å². The Morgan fingerprint density at radius 2 is 1.88 bits per heavy atom. The van der Waals surface area contributed by atoms with Gasteiger partial charge in [0.1, 0.15) is 5.75 Å². The Bertz CT molecular complexity index is 723. The van der Waals surface area contributed by atoms with E-state index in [0.29, 0.717) is 11.1 Å². The molecule has 7 nitrogen and oxygen atoms in total. The molecule has 0 aliphatic carbocycles. The topological polar surface area (TPSA) is 84.9 Å². The second-order valence-electron chi connectivity index (χ2n) is 6.69. The van der Waals surface area contributed by atoms with Gasteiger partial charge in [-0.1, -0.05) is 18.0 Å². The number of benzene rings is 1. The first-order chi connectivity index (χ1) is 12.4. The van der Waals surface area contributed by atoms with Crippen LogP contribution in [0, 0.1) is 5.92 Å². The molecule has 1 aromatic rings. The molecule has 2 fully saturated rings. The second-order valence-corrected chi connectivity index (χ2v) is 8.41. The van der Waals surface area contributed by atoms with Gasteiger partial charge in [-0.25, -0.2) is 4.79 Å². The molecule has 144 valence electrons. The smallest absolute Gasteiger partial charge is 0.423 e. The maximum atomic E-state index is 11.9. The van der Waals surface area contributed by atoms with Crippen LogP contribution >= 0.6 is 11.6 Å². The van der Waals surface area contributed by atoms with E-state index >= 15 is 0 Å². The van der Waals surface area contributed by atoms with Crippen molar-refractivity contribution in [3.8, 4) is 5.75 Å². The minimum atomic E-state index is -4.30. The van der Waals surface area contributed by atoms with Gasteiger partial charge in [-0.2, -0.15) is 13.1 Å². The molecule has 0 spiro atoms. The highest BCUT2D eigenvalue weighted by Crippen LogP contribution is 2.31. The Morgan fingerprint density at radius 3 is 2.65 bits per heavy atom. The SMILES string of the molecule is O=C(NS(=O)(=O)Oc1ccc(Cl)cc1)OC[C@@H]1CCCN2CCCC[C@H]12. The highest BCUT2D eigenvalue weighted by Gasteiger charge is 2.33. The zero-order valence-corrected chi connectivity index (χ0v) is 16.0. The molecule has 2 saturated heterocycles. The maximum absolute atomic E-state index is 11.9. The predicted molar refractivity (Wildman–Crippen MR) is 97.4 cm³/mol. The third-order valence-electron chi connectivity index (χ3n) is 4.89. The number of amides is 1. The summed E-state index contributed by atoms with van der Waals surface area (Å²) in [6.07, 6.45) is 4.55. The predicted octanol–water partition coefficient (Wildman–Crippen LogP) is 2.95. The number of hydrogen-bond donors (Lipinski definition) is 1. The number of nitrogens with one attached hydrogen (secondary N) is 1. The molecule has 0 aromatic heterocycles. The lowest BCUT2D eigenvalue weighted by Crippen LogP contribution is -2.49. The Kier molecular flexibility index (Phi) is 6.26. The van der Waals surface area contributed by atoms with E-state index in [-0.39, 0.29) is 18.3 Å². The highest BCUT2D eigenvalue weighted by atomic mass is 35.5. The van der Waals surface area contributed by atoms with E-state index in [2.05, 4.69) is 4.90 Å². The molecule has 0 saturated carbocycles. The van der Waals surface area contributed by atoms with Crippen molar-refractivity contribution in [2.24, 2.45) is 5.92 Å². The Labute approximate surface area is 158 Å². The van der Waals surface area contributed by atoms with Crippen LogP contribution in [0.2, 0.25) is 5.02 Å². The van der Waals surface area contributed by atoms with Gasteiger partial charge in [-0.3, -0.25) is 4.90 Å². The Hall–Kier alpha value is -1.51. The number of ether oxygens (including phenoxy) is 1. The first-order valence-electron chi connectivity index (χ1n) is 8.81. The molecular weight excluding hydrogens is 380 g/mol. The number of hydrogen-bond acceptors (Lipinski definition) is 6. The molecule has 2 atom stereocenters. The summed E-state index contributed by atoms with van der Waals surface area (Å²) >= 11 is 5.73. The van der Waals surface area contributed by atoms with Crippen molar-refractivity contribution in [3.63, 3.8) is 0 Å². The molecule has 2 heterocycles. The molecule has 26 heavy (non-hydrogen) atoms. The van der Waals surface area contributed by atoms with Crippen LogP contribution in [-0.4, -0.2) is 45.1 Å². The number of carbonyl (C=O) groups excluding carboxylic acids is 1. The van der Waals surface area contributed by atoms with E-state index in [1.54, 1.807) is 4.72 Å². The maximum Gasteiger partial charge on any atom is 0.423 e. The van der Waals surface area contributed by atoms with Gasteiger partial charge in [0.05, 0.1) is 6.61 Å². The van der Waals surface area contributed by atoms with Crippen molar-refractivity contribution in [1.82, 2.24) is 9.62 Å². The molecule has 0 radical (unpaired) electrons. The van der Waals surface area contributed by atoms with Crippen molar-refractivity contribution in [2.75, 3.05) is 19.7 Å². The summed E-state index contributed by atoms with van der Waals surface area (Å²) in [7, 11) is -4.30. The number of carbonyl (C=O) groups is 1. The van der Waals surface area contributed by atoms with E-state index < -0.39 is 16.4 Å². The van der Waals surface area contributed by atoms with E-state index in [0.717, 1.165) is 32.4 Å². The lowest BCUT2D eigenvalue weighted by atomic mass is 9.84. The van der Waals surface area contributed by atoms with Crippen LogP contribution in [0.4, 0.5) is 4.79 Å². The summed E-state index contributed by atoms with van der Waals surface area (Å²) in [5, 5.41) is 0.450. The lowest BCUT2D eigenvalue weighted by molar-refractivity contribution is 0.0244. The molecule has 0 unspecified atom stereocenters. The number of fused-ring (bicyclic) bond motifs is 1. The monoisotopic (exact) mass is 402 g/mol. The molecule has 1 amide bonds. The third kappa shape index (κ3) is 5.25. The fourth-order valence-electron chi connectivity index (χ4n) is 3.72. The summed E-state index contributed by atoms with van der Waals surface area (Å²) in [5.74, 6) is 0.300. The van der Waals surface area contributed by atoms with Gasteiger partial charge in [0, 0.05) is 17.0 Å². The van der Waals surface area contributed by atoms with Crippen LogP contribution in [-0.2, 0) is 15.0 Å². The molecule has 1 aromatic carbocycles. The van der Waals surface area contributed by atoms with Gasteiger partial charge in [-0.15, -0.1) is 0 Å². The van der Waals surface area contributed by atoms with Crippen molar-refractivity contribution in [1.29, 1.82) is 0 Å². The normalized spacial score (nSPS) is 23.7. The molecule has 1 N–H and O–H groups in total. The summed E-state index contributed by atoms with van der Waals surface area (Å²) in [6.45, 7) is 2.40. The third-order valence-corrected chi connectivity index (χ3v) is 5.97. The summed E-state index contributed by atoms with van der Waals surface area (Å²) in [6, 6.07) is 6.19. The largest absolute Gasteiger partial charge is 0.448 e. The second kappa shape index (κ2) is 8.45. The molecule has 0 bridgehead atoms. The summed E-state index contributed by atoms with van der Waals surface area (Å²) in [4.78, 5) is 14.3. The number of halogens is 1. The number of piperidine rings is 2. The van der Waals surface area contributed by atoms with E-state index in [1.165, 1.54) is 37.1 Å². The first-order valence-corrected chi connectivity index (χ1v) is 10.6. The average molecular weight is 403 g/mol.